The standard InChI is InChI=1S/C18H18N2O6S.ClH/c19-12-8-16-17(26-10-25-16)9-13(12)20-18(21)3-6-27(22)11-1-2-14-15(7-11)24-5-4-23-14;/h1-2,7-9H,3-6,10,19H2,(H,20,21);1H. The number of nitrogens with one attached hydrogen (secondary N) is 1. The van der Waals surface area contributed by atoms with Crippen molar-refractivity contribution in [1.29, 1.82) is 0 Å². The molecule has 2 aliphatic rings. The van der Waals surface area contributed by atoms with Gasteiger partial charge in [-0.05, 0) is 12.1 Å². The van der Waals surface area contributed by atoms with Gasteiger partial charge in [-0.2, -0.15) is 0 Å². The fourth-order valence-corrected chi connectivity index (χ4v) is 3.81. The van der Waals surface area contributed by atoms with Gasteiger partial charge in [0, 0.05) is 35.3 Å². The summed E-state index contributed by atoms with van der Waals surface area (Å²) < 4.78 is 33.9. The molecule has 0 saturated carbocycles. The third-order valence-corrected chi connectivity index (χ3v) is 5.46. The number of anilines is 2. The normalized spacial score (nSPS) is 14.7. The minimum atomic E-state index is -1.34. The van der Waals surface area contributed by atoms with Gasteiger partial charge in [-0.15, -0.1) is 12.4 Å². The molecular formula is C18H19ClN2O6S. The number of ether oxygens (including phenoxy) is 4. The van der Waals surface area contributed by atoms with Gasteiger partial charge in [0.1, 0.15) is 13.2 Å². The molecule has 2 aromatic rings. The summed E-state index contributed by atoms with van der Waals surface area (Å²) in [5, 5.41) is 2.72. The van der Waals surface area contributed by atoms with E-state index in [0.29, 0.717) is 52.5 Å². The van der Waals surface area contributed by atoms with Crippen LogP contribution in [0.15, 0.2) is 35.2 Å². The van der Waals surface area contributed by atoms with Crippen molar-refractivity contribution in [3.8, 4) is 23.0 Å². The molecule has 28 heavy (non-hydrogen) atoms. The highest BCUT2D eigenvalue weighted by Crippen LogP contribution is 2.38. The molecule has 0 aliphatic carbocycles. The fourth-order valence-electron chi connectivity index (χ4n) is 2.75. The summed E-state index contributed by atoms with van der Waals surface area (Å²) in [6, 6.07) is 8.36. The Morgan fingerprint density at radius 2 is 1.68 bits per heavy atom. The van der Waals surface area contributed by atoms with Crippen molar-refractivity contribution >= 4 is 40.5 Å². The number of rotatable bonds is 5. The summed E-state index contributed by atoms with van der Waals surface area (Å²) in [7, 11) is -1.34. The van der Waals surface area contributed by atoms with Crippen molar-refractivity contribution in [1.82, 2.24) is 0 Å². The lowest BCUT2D eigenvalue weighted by Crippen LogP contribution is -2.17. The van der Waals surface area contributed by atoms with Gasteiger partial charge in [0.05, 0.1) is 22.2 Å². The second-order valence-corrected chi connectivity index (χ2v) is 7.52. The van der Waals surface area contributed by atoms with E-state index < -0.39 is 10.8 Å². The molecule has 3 N–H and O–H groups in total. The largest absolute Gasteiger partial charge is 0.486 e. The number of benzene rings is 2. The molecule has 0 fully saturated rings. The molecule has 2 aliphatic heterocycles. The second-order valence-electron chi connectivity index (χ2n) is 5.95. The molecule has 0 bridgehead atoms. The van der Waals surface area contributed by atoms with Crippen LogP contribution in [0.2, 0.25) is 0 Å². The van der Waals surface area contributed by atoms with Crippen molar-refractivity contribution in [2.24, 2.45) is 0 Å². The molecule has 4 rings (SSSR count). The lowest BCUT2D eigenvalue weighted by molar-refractivity contribution is -0.115. The van der Waals surface area contributed by atoms with Gasteiger partial charge in [-0.1, -0.05) is 0 Å². The van der Waals surface area contributed by atoms with Crippen LogP contribution in [0.1, 0.15) is 6.42 Å². The van der Waals surface area contributed by atoms with E-state index in [4.69, 9.17) is 24.7 Å². The van der Waals surface area contributed by atoms with Crippen LogP contribution in [0.4, 0.5) is 11.4 Å². The van der Waals surface area contributed by atoms with Gasteiger partial charge in [-0.3, -0.25) is 9.00 Å². The Morgan fingerprint density at radius 3 is 2.46 bits per heavy atom. The summed E-state index contributed by atoms with van der Waals surface area (Å²) in [6.07, 6.45) is 0.0783. The van der Waals surface area contributed by atoms with Crippen LogP contribution in [0.3, 0.4) is 0 Å². The Labute approximate surface area is 170 Å². The molecule has 0 aromatic heterocycles. The van der Waals surface area contributed by atoms with Crippen molar-refractivity contribution < 1.29 is 28.0 Å². The highest BCUT2D eigenvalue weighted by Gasteiger charge is 2.18. The Hall–Kier alpha value is -2.65. The smallest absolute Gasteiger partial charge is 0.231 e. The Morgan fingerprint density at radius 1 is 1.00 bits per heavy atom. The summed E-state index contributed by atoms with van der Waals surface area (Å²) in [5.74, 6) is 2.18. The van der Waals surface area contributed by atoms with Crippen molar-refractivity contribution in [2.45, 2.75) is 11.3 Å². The number of carbonyl (C=O) groups excluding carboxylic acids is 1. The van der Waals surface area contributed by atoms with Crippen molar-refractivity contribution in [3.05, 3.63) is 30.3 Å². The average Bonchev–Trinajstić information content (AvgIpc) is 3.13. The number of amides is 1. The number of nitrogens with two attached hydrogens (primary N) is 1. The molecule has 0 radical (unpaired) electrons. The molecule has 150 valence electrons. The van der Waals surface area contributed by atoms with E-state index in [1.807, 2.05) is 0 Å². The molecule has 8 nitrogen and oxygen atoms in total. The summed E-state index contributed by atoms with van der Waals surface area (Å²) >= 11 is 0. The maximum atomic E-state index is 12.5. The number of hydrogen-bond acceptors (Lipinski definition) is 7. The van der Waals surface area contributed by atoms with E-state index in [1.165, 1.54) is 0 Å². The van der Waals surface area contributed by atoms with Gasteiger partial charge in [0.2, 0.25) is 12.7 Å². The van der Waals surface area contributed by atoms with Crippen LogP contribution in [0.25, 0.3) is 0 Å². The Balaban J connectivity index is 0.00000225. The first-order valence-corrected chi connectivity index (χ1v) is 9.69. The number of hydrogen-bond donors (Lipinski definition) is 2. The fraction of sp³-hybridized carbons (Fsp3) is 0.278. The summed E-state index contributed by atoms with van der Waals surface area (Å²) in [4.78, 5) is 12.8. The van der Waals surface area contributed by atoms with E-state index in [2.05, 4.69) is 5.32 Å². The highest BCUT2D eigenvalue weighted by atomic mass is 35.5. The molecule has 10 heteroatoms. The van der Waals surface area contributed by atoms with Gasteiger partial charge < -0.3 is 30.0 Å². The first-order valence-electron chi connectivity index (χ1n) is 8.37. The van der Waals surface area contributed by atoms with Crippen LogP contribution < -0.4 is 30.0 Å². The summed E-state index contributed by atoms with van der Waals surface area (Å²) in [6.45, 7) is 1.09. The van der Waals surface area contributed by atoms with E-state index in [1.54, 1.807) is 30.3 Å². The first kappa shape index (κ1) is 20.1. The van der Waals surface area contributed by atoms with Gasteiger partial charge in [0.25, 0.3) is 0 Å². The SMILES string of the molecule is Cl.Nc1cc2c(cc1NC(=O)CCS(=O)c1ccc3c(c1)OCCO3)OCO2. The summed E-state index contributed by atoms with van der Waals surface area (Å²) in [5.41, 5.74) is 6.73. The number of halogens is 1. The maximum absolute atomic E-state index is 12.5. The zero-order valence-corrected chi connectivity index (χ0v) is 16.4. The van der Waals surface area contributed by atoms with Crippen molar-refractivity contribution in [2.75, 3.05) is 36.8 Å². The number of carbonyl (C=O) groups is 1. The molecule has 1 amide bonds. The molecule has 1 atom stereocenters. The topological polar surface area (TPSA) is 109 Å². The molecule has 2 heterocycles. The van der Waals surface area contributed by atoms with Crippen LogP contribution in [0, 0.1) is 0 Å². The van der Waals surface area contributed by atoms with E-state index in [0.717, 1.165) is 0 Å². The molecule has 0 saturated heterocycles. The van der Waals surface area contributed by atoms with Crippen molar-refractivity contribution in [3.63, 3.8) is 0 Å². The van der Waals surface area contributed by atoms with Gasteiger partial charge in [0.15, 0.2) is 23.0 Å². The average molecular weight is 427 g/mol. The minimum absolute atomic E-state index is 0. The Kier molecular flexibility index (Phi) is 6.15. The monoisotopic (exact) mass is 426 g/mol. The zero-order chi connectivity index (χ0) is 18.8. The molecule has 2 aromatic carbocycles. The zero-order valence-electron chi connectivity index (χ0n) is 14.8. The minimum Gasteiger partial charge on any atom is -0.486 e. The quantitative estimate of drug-likeness (QED) is 0.706. The molecular weight excluding hydrogens is 408 g/mol. The van der Waals surface area contributed by atoms with Crippen LogP contribution >= 0.6 is 12.4 Å². The highest BCUT2D eigenvalue weighted by molar-refractivity contribution is 7.85. The third-order valence-electron chi connectivity index (χ3n) is 4.11. The predicted octanol–water partition coefficient (Wildman–Crippen LogP) is 2.33. The third kappa shape index (κ3) is 4.26. The molecule has 0 spiro atoms. The maximum Gasteiger partial charge on any atom is 0.231 e. The lowest BCUT2D eigenvalue weighted by atomic mass is 10.2. The number of fused-ring (bicyclic) bond motifs is 2. The van der Waals surface area contributed by atoms with Crippen LogP contribution in [-0.2, 0) is 15.6 Å². The molecule has 1 unspecified atom stereocenters. The van der Waals surface area contributed by atoms with Crippen LogP contribution in [-0.4, -0.2) is 35.9 Å². The van der Waals surface area contributed by atoms with E-state index in [9.17, 15) is 9.00 Å². The van der Waals surface area contributed by atoms with Gasteiger partial charge >= 0.3 is 0 Å². The Bertz CT molecular complexity index is 923. The van der Waals surface area contributed by atoms with Crippen LogP contribution in [0.5, 0.6) is 23.0 Å². The second kappa shape index (κ2) is 8.57. The number of nitrogen functional groups attached to an aromatic ring is 1. The van der Waals surface area contributed by atoms with Gasteiger partial charge in [-0.25, -0.2) is 0 Å². The lowest BCUT2D eigenvalue weighted by Gasteiger charge is -2.18. The first-order chi connectivity index (χ1) is 13.1. The van der Waals surface area contributed by atoms with E-state index in [-0.39, 0.29) is 37.3 Å². The predicted molar refractivity (Wildman–Crippen MR) is 106 cm³/mol. The van der Waals surface area contributed by atoms with E-state index >= 15 is 0 Å².